The number of carboxylic acid groups (broad SMARTS) is 1. The first-order valence-electron chi connectivity index (χ1n) is 6.80. The van der Waals surface area contributed by atoms with Crippen molar-refractivity contribution in [3.05, 3.63) is 57.4 Å². The fourth-order valence-corrected chi connectivity index (χ4v) is 3.01. The van der Waals surface area contributed by atoms with Gasteiger partial charge in [0, 0.05) is 4.92 Å². The van der Waals surface area contributed by atoms with Crippen molar-refractivity contribution in [3.8, 4) is 0 Å². The quantitative estimate of drug-likeness (QED) is 0.566. The van der Waals surface area contributed by atoms with Gasteiger partial charge in [-0.1, -0.05) is 18.2 Å². The van der Waals surface area contributed by atoms with Gasteiger partial charge in [0.25, 0.3) is 0 Å². The normalized spacial score (nSPS) is 27.1. The van der Waals surface area contributed by atoms with Gasteiger partial charge >= 0.3 is 17.7 Å². The van der Waals surface area contributed by atoms with Gasteiger partial charge in [0.1, 0.15) is 6.04 Å². The van der Waals surface area contributed by atoms with E-state index in [1.54, 1.807) is 0 Å². The van der Waals surface area contributed by atoms with Crippen LogP contribution in [0.4, 0.5) is 13.2 Å². The van der Waals surface area contributed by atoms with Crippen LogP contribution in [0.3, 0.4) is 0 Å². The lowest BCUT2D eigenvalue weighted by atomic mass is 9.71. The van der Waals surface area contributed by atoms with Crippen LogP contribution < -0.4 is 11.1 Å². The molecule has 1 aromatic carbocycles. The smallest absolute Gasteiger partial charge is 0.416 e. The lowest BCUT2D eigenvalue weighted by Gasteiger charge is -2.38. The molecule has 0 saturated carbocycles. The van der Waals surface area contributed by atoms with Crippen LogP contribution in [0.2, 0.25) is 0 Å². The van der Waals surface area contributed by atoms with Gasteiger partial charge < -0.3 is 16.2 Å². The third-order valence-electron chi connectivity index (χ3n) is 4.11. The Kier molecular flexibility index (Phi) is 4.17. The number of carboxylic acids is 1. The molecule has 3 unspecified atom stereocenters. The molecular weight excluding hydrogens is 331 g/mol. The first-order chi connectivity index (χ1) is 11.0. The Bertz CT molecular complexity index is 703. The first-order valence-corrected chi connectivity index (χ1v) is 6.80. The van der Waals surface area contributed by atoms with E-state index in [9.17, 15) is 33.2 Å². The van der Waals surface area contributed by atoms with Crippen molar-refractivity contribution < 1.29 is 28.0 Å². The zero-order valence-electron chi connectivity index (χ0n) is 12.4. The molecule has 3 atom stereocenters. The average Bonchev–Trinajstić information content (AvgIpc) is 2.44. The highest BCUT2D eigenvalue weighted by Gasteiger charge is 2.64. The molecule has 7 nitrogen and oxygen atoms in total. The summed E-state index contributed by atoms with van der Waals surface area (Å²) in [6.07, 6.45) is -3.85. The molecule has 1 heterocycles. The van der Waals surface area contributed by atoms with E-state index in [0.29, 0.717) is 0 Å². The number of nitrogens with zero attached hydrogens (tertiary/aromatic N) is 1. The van der Waals surface area contributed by atoms with Crippen LogP contribution in [0.25, 0.3) is 0 Å². The van der Waals surface area contributed by atoms with E-state index in [1.807, 2.05) is 0 Å². The van der Waals surface area contributed by atoms with Gasteiger partial charge in [-0.3, -0.25) is 10.1 Å². The molecule has 130 valence electrons. The molecule has 1 aliphatic rings. The number of aliphatic carboxylic acids is 1. The lowest BCUT2D eigenvalue weighted by Crippen LogP contribution is -2.65. The van der Waals surface area contributed by atoms with Crippen LogP contribution >= 0.6 is 0 Å². The van der Waals surface area contributed by atoms with E-state index in [0.717, 1.165) is 24.3 Å². The summed E-state index contributed by atoms with van der Waals surface area (Å²) in [6, 6.07) is 2.82. The standard InChI is InChI=1S/C14H14F3N3O4/c1-7-13(12(21)22,20(23)24)10(6-11(18)19-7)8-4-2-3-5-9(8)14(15,16)17/h2-7,10,19H,18H2,1H3,(H,21,22). The second kappa shape index (κ2) is 5.69. The molecule has 0 aliphatic carbocycles. The van der Waals surface area contributed by atoms with Crippen LogP contribution in [-0.4, -0.2) is 27.6 Å². The van der Waals surface area contributed by atoms with Gasteiger partial charge in [-0.05, 0) is 24.6 Å². The van der Waals surface area contributed by atoms with E-state index in [-0.39, 0.29) is 5.82 Å². The number of benzene rings is 1. The number of nitro groups is 1. The summed E-state index contributed by atoms with van der Waals surface area (Å²) in [5.74, 6) is -3.67. The molecule has 0 saturated heterocycles. The highest BCUT2D eigenvalue weighted by atomic mass is 19.4. The first kappa shape index (κ1) is 17.6. The summed E-state index contributed by atoms with van der Waals surface area (Å²) in [5.41, 5.74) is 1.20. The van der Waals surface area contributed by atoms with E-state index < -0.39 is 45.7 Å². The third-order valence-corrected chi connectivity index (χ3v) is 4.11. The number of hydrogen-bond acceptors (Lipinski definition) is 5. The number of alkyl halides is 3. The van der Waals surface area contributed by atoms with Crippen LogP contribution in [0.15, 0.2) is 36.2 Å². The Morgan fingerprint density at radius 2 is 2.00 bits per heavy atom. The van der Waals surface area contributed by atoms with Crippen molar-refractivity contribution in [2.45, 2.75) is 30.6 Å². The maximum Gasteiger partial charge on any atom is 0.416 e. The van der Waals surface area contributed by atoms with Crippen LogP contribution in [0.5, 0.6) is 0 Å². The van der Waals surface area contributed by atoms with Crippen molar-refractivity contribution >= 4 is 5.97 Å². The van der Waals surface area contributed by atoms with E-state index in [4.69, 9.17) is 5.73 Å². The van der Waals surface area contributed by atoms with Gasteiger partial charge in [0.05, 0.1) is 17.3 Å². The van der Waals surface area contributed by atoms with Gasteiger partial charge in [-0.25, -0.2) is 4.79 Å². The fourth-order valence-electron chi connectivity index (χ4n) is 3.01. The molecule has 0 amide bonds. The second-order valence-corrected chi connectivity index (χ2v) is 5.44. The molecular formula is C14H14F3N3O4. The van der Waals surface area contributed by atoms with Gasteiger partial charge in [0.15, 0.2) is 0 Å². The maximum atomic E-state index is 13.3. The Balaban J connectivity index is 2.81. The summed E-state index contributed by atoms with van der Waals surface area (Å²) in [5, 5.41) is 23.5. The van der Waals surface area contributed by atoms with Crippen LogP contribution in [0.1, 0.15) is 24.0 Å². The predicted molar refractivity (Wildman–Crippen MR) is 76.4 cm³/mol. The average molecular weight is 345 g/mol. The zero-order chi connectivity index (χ0) is 18.3. The highest BCUT2D eigenvalue weighted by molar-refractivity contribution is 5.81. The molecule has 0 spiro atoms. The van der Waals surface area contributed by atoms with Crippen molar-refractivity contribution in [1.29, 1.82) is 0 Å². The topological polar surface area (TPSA) is 118 Å². The monoisotopic (exact) mass is 345 g/mol. The largest absolute Gasteiger partial charge is 0.476 e. The summed E-state index contributed by atoms with van der Waals surface area (Å²) < 4.78 is 39.8. The van der Waals surface area contributed by atoms with Gasteiger partial charge in [0.2, 0.25) is 0 Å². The van der Waals surface area contributed by atoms with E-state index in [1.165, 1.54) is 13.0 Å². The molecule has 4 N–H and O–H groups in total. The Morgan fingerprint density at radius 3 is 2.50 bits per heavy atom. The highest BCUT2D eigenvalue weighted by Crippen LogP contribution is 2.43. The zero-order valence-corrected chi connectivity index (χ0v) is 12.4. The molecule has 10 heteroatoms. The van der Waals surface area contributed by atoms with E-state index >= 15 is 0 Å². The number of nitrogens with two attached hydrogens (primary N) is 1. The lowest BCUT2D eigenvalue weighted by molar-refractivity contribution is -0.562. The molecule has 24 heavy (non-hydrogen) atoms. The van der Waals surface area contributed by atoms with E-state index in [2.05, 4.69) is 5.32 Å². The van der Waals surface area contributed by atoms with Gasteiger partial charge in [-0.15, -0.1) is 0 Å². The van der Waals surface area contributed by atoms with Crippen molar-refractivity contribution in [2.24, 2.45) is 5.73 Å². The Labute approximate surface area is 134 Å². The molecule has 1 aliphatic heterocycles. The molecule has 0 radical (unpaired) electrons. The summed E-state index contributed by atoms with van der Waals surface area (Å²) in [4.78, 5) is 22.3. The molecule has 1 aromatic rings. The fraction of sp³-hybridized carbons (Fsp3) is 0.357. The van der Waals surface area contributed by atoms with Crippen molar-refractivity contribution in [2.75, 3.05) is 0 Å². The minimum absolute atomic E-state index is 0.122. The molecule has 0 fully saturated rings. The Morgan fingerprint density at radius 1 is 1.42 bits per heavy atom. The predicted octanol–water partition coefficient (Wildman–Crippen LogP) is 1.68. The molecule has 0 bridgehead atoms. The minimum Gasteiger partial charge on any atom is -0.476 e. The van der Waals surface area contributed by atoms with Gasteiger partial charge in [-0.2, -0.15) is 13.2 Å². The maximum absolute atomic E-state index is 13.3. The number of rotatable bonds is 3. The number of halogens is 3. The summed E-state index contributed by atoms with van der Waals surface area (Å²) >= 11 is 0. The molecule has 0 aromatic heterocycles. The summed E-state index contributed by atoms with van der Waals surface area (Å²) in [6.45, 7) is 1.19. The number of hydrogen-bond donors (Lipinski definition) is 3. The van der Waals surface area contributed by atoms with Crippen LogP contribution in [0, 0.1) is 10.1 Å². The van der Waals surface area contributed by atoms with Crippen LogP contribution in [-0.2, 0) is 11.0 Å². The third kappa shape index (κ3) is 2.53. The summed E-state index contributed by atoms with van der Waals surface area (Å²) in [7, 11) is 0. The minimum atomic E-state index is -4.80. The van der Waals surface area contributed by atoms with Crippen molar-refractivity contribution in [1.82, 2.24) is 5.32 Å². The Hall–Kier alpha value is -2.78. The second-order valence-electron chi connectivity index (χ2n) is 5.44. The SMILES string of the molecule is CC1NC(N)=CC(c2ccccc2C(F)(F)F)C1(C(=O)O)[N+](=O)[O-]. The van der Waals surface area contributed by atoms with Crippen molar-refractivity contribution in [3.63, 3.8) is 0 Å². The number of carbonyl (C=O) groups is 1. The molecule has 2 rings (SSSR count). The number of nitrogens with one attached hydrogen (secondary N) is 1.